The summed E-state index contributed by atoms with van der Waals surface area (Å²) in [6.07, 6.45) is 1.55. The number of likely N-dealkylation sites (tertiary alicyclic amines) is 2. The Balaban J connectivity index is 0.939. The third-order valence-electron chi connectivity index (χ3n) is 9.21. The van der Waals surface area contributed by atoms with Crippen LogP contribution in [0.2, 0.25) is 0 Å². The van der Waals surface area contributed by atoms with E-state index in [4.69, 9.17) is 13.9 Å². The third-order valence-corrected chi connectivity index (χ3v) is 9.21. The number of amides is 4. The van der Waals surface area contributed by atoms with Gasteiger partial charge in [0.25, 0.3) is 0 Å². The van der Waals surface area contributed by atoms with E-state index in [1.807, 2.05) is 84.9 Å². The van der Waals surface area contributed by atoms with Crippen molar-refractivity contribution in [2.45, 2.75) is 51.0 Å². The predicted molar refractivity (Wildman–Crippen MR) is 192 cm³/mol. The van der Waals surface area contributed by atoms with E-state index in [0.29, 0.717) is 55.1 Å². The van der Waals surface area contributed by atoms with Gasteiger partial charge in [0.2, 0.25) is 11.8 Å². The van der Waals surface area contributed by atoms with Crippen molar-refractivity contribution in [3.8, 4) is 11.3 Å². The quantitative estimate of drug-likeness (QED) is 0.164. The SMILES string of the molecule is O=C(Nc1ccc(-c2cc3cc(NC(=O)[C@@H]4CCCN4C(=O)OCc4ccccc4)ccc3o2)cc1)[C@@H]1CCCN1C(=O)OCc1ccccc1. The molecule has 2 aliphatic rings. The molecule has 2 saturated heterocycles. The molecule has 260 valence electrons. The molecule has 11 heteroatoms. The summed E-state index contributed by atoms with van der Waals surface area (Å²) in [5, 5.41) is 6.68. The lowest BCUT2D eigenvalue weighted by Gasteiger charge is -2.23. The van der Waals surface area contributed by atoms with Gasteiger partial charge < -0.3 is 24.5 Å². The van der Waals surface area contributed by atoms with Gasteiger partial charge in [0.15, 0.2) is 0 Å². The predicted octanol–water partition coefficient (Wildman–Crippen LogP) is 7.58. The van der Waals surface area contributed by atoms with Crippen molar-refractivity contribution >= 4 is 46.3 Å². The van der Waals surface area contributed by atoms with Crippen LogP contribution in [0.15, 0.2) is 114 Å². The molecule has 4 aromatic carbocycles. The average Bonchev–Trinajstić information content (AvgIpc) is 3.94. The molecule has 4 amide bonds. The Bertz CT molecular complexity index is 2010. The van der Waals surface area contributed by atoms with Crippen LogP contribution in [-0.2, 0) is 32.3 Å². The Kier molecular flexibility index (Phi) is 9.96. The molecule has 0 radical (unpaired) electrons. The first kappa shape index (κ1) is 33.4. The van der Waals surface area contributed by atoms with Crippen molar-refractivity contribution in [1.82, 2.24) is 9.80 Å². The summed E-state index contributed by atoms with van der Waals surface area (Å²) in [7, 11) is 0. The highest BCUT2D eigenvalue weighted by Crippen LogP contribution is 2.31. The zero-order valence-electron chi connectivity index (χ0n) is 28.0. The number of hydrogen-bond acceptors (Lipinski definition) is 7. The van der Waals surface area contributed by atoms with Crippen LogP contribution in [0.5, 0.6) is 0 Å². The summed E-state index contributed by atoms with van der Waals surface area (Å²) in [4.78, 5) is 55.0. The Morgan fingerprint density at radius 1 is 0.627 bits per heavy atom. The Morgan fingerprint density at radius 2 is 1.14 bits per heavy atom. The summed E-state index contributed by atoms with van der Waals surface area (Å²) < 4.78 is 17.1. The highest BCUT2D eigenvalue weighted by atomic mass is 16.6. The zero-order chi connectivity index (χ0) is 35.2. The summed E-state index contributed by atoms with van der Waals surface area (Å²) >= 11 is 0. The van der Waals surface area contributed by atoms with Crippen LogP contribution in [0, 0.1) is 0 Å². The van der Waals surface area contributed by atoms with E-state index in [9.17, 15) is 19.2 Å². The lowest BCUT2D eigenvalue weighted by atomic mass is 10.1. The molecule has 11 nitrogen and oxygen atoms in total. The van der Waals surface area contributed by atoms with Crippen molar-refractivity contribution in [2.75, 3.05) is 23.7 Å². The fraction of sp³-hybridized carbons (Fsp3) is 0.250. The van der Waals surface area contributed by atoms with E-state index in [1.165, 1.54) is 9.80 Å². The molecule has 2 atom stereocenters. The Hall–Kier alpha value is -6.10. The van der Waals surface area contributed by atoms with Crippen molar-refractivity contribution in [3.63, 3.8) is 0 Å². The van der Waals surface area contributed by atoms with Gasteiger partial charge in [0, 0.05) is 35.4 Å². The Labute approximate surface area is 295 Å². The van der Waals surface area contributed by atoms with Crippen molar-refractivity contribution in [1.29, 1.82) is 0 Å². The number of hydrogen-bond donors (Lipinski definition) is 2. The first-order valence-corrected chi connectivity index (χ1v) is 17.1. The maximum Gasteiger partial charge on any atom is 0.410 e. The van der Waals surface area contributed by atoms with E-state index in [1.54, 1.807) is 24.3 Å². The molecule has 0 unspecified atom stereocenters. The summed E-state index contributed by atoms with van der Waals surface area (Å²) in [6, 6.07) is 32.2. The molecule has 7 rings (SSSR count). The minimum absolute atomic E-state index is 0.147. The minimum atomic E-state index is -0.618. The van der Waals surface area contributed by atoms with Gasteiger partial charge in [-0.2, -0.15) is 0 Å². The fourth-order valence-electron chi connectivity index (χ4n) is 6.55. The van der Waals surface area contributed by atoms with Gasteiger partial charge in [-0.1, -0.05) is 60.7 Å². The number of furan rings is 1. The number of fused-ring (bicyclic) bond motifs is 1. The highest BCUT2D eigenvalue weighted by Gasteiger charge is 2.36. The van der Waals surface area contributed by atoms with E-state index in [-0.39, 0.29) is 25.0 Å². The van der Waals surface area contributed by atoms with Crippen molar-refractivity contribution in [3.05, 3.63) is 120 Å². The second-order valence-corrected chi connectivity index (χ2v) is 12.7. The number of benzene rings is 4. The smallest absolute Gasteiger partial charge is 0.410 e. The van der Waals surface area contributed by atoms with E-state index in [0.717, 1.165) is 28.5 Å². The van der Waals surface area contributed by atoms with Gasteiger partial charge >= 0.3 is 12.2 Å². The summed E-state index contributed by atoms with van der Waals surface area (Å²) in [5.74, 6) is 0.0901. The third kappa shape index (κ3) is 7.88. The fourth-order valence-corrected chi connectivity index (χ4v) is 6.55. The number of nitrogens with one attached hydrogen (secondary N) is 2. The first-order chi connectivity index (χ1) is 24.9. The van der Waals surface area contributed by atoms with Gasteiger partial charge in [-0.05, 0) is 85.3 Å². The van der Waals surface area contributed by atoms with Crippen LogP contribution >= 0.6 is 0 Å². The topological polar surface area (TPSA) is 130 Å². The van der Waals surface area contributed by atoms with Crippen LogP contribution < -0.4 is 10.6 Å². The van der Waals surface area contributed by atoms with Crippen LogP contribution in [-0.4, -0.2) is 59.0 Å². The second-order valence-electron chi connectivity index (χ2n) is 12.7. The molecule has 1 aromatic heterocycles. The number of ether oxygens (including phenoxy) is 2. The standard InChI is InChI=1S/C40H38N4O7/c45-37(33-13-7-21-43(33)39(47)49-25-27-9-3-1-4-10-27)41-31-17-15-29(16-18-31)36-24-30-23-32(19-20-35(30)51-36)42-38(46)34-14-8-22-44(34)40(48)50-26-28-11-5-2-6-12-28/h1-6,9-12,15-20,23-24,33-34H,7-8,13-14,21-22,25-26H2,(H,41,45)(H,42,46)/t33-,34-/m0/s1. The van der Waals surface area contributed by atoms with Crippen molar-refractivity contribution in [2.24, 2.45) is 0 Å². The number of carbonyl (C=O) groups is 4. The first-order valence-electron chi connectivity index (χ1n) is 17.1. The molecule has 0 aliphatic carbocycles. The molecule has 51 heavy (non-hydrogen) atoms. The molecule has 5 aromatic rings. The van der Waals surface area contributed by atoms with Gasteiger partial charge in [0.05, 0.1) is 0 Å². The summed E-state index contributed by atoms with van der Waals surface area (Å²) in [6.45, 7) is 1.22. The minimum Gasteiger partial charge on any atom is -0.456 e. The van der Waals surface area contributed by atoms with Crippen LogP contribution in [0.1, 0.15) is 36.8 Å². The van der Waals surface area contributed by atoms with E-state index < -0.39 is 24.3 Å². The average molecular weight is 687 g/mol. The monoisotopic (exact) mass is 686 g/mol. The molecule has 0 saturated carbocycles. The molecule has 2 aliphatic heterocycles. The number of rotatable bonds is 9. The maximum absolute atomic E-state index is 13.3. The molecule has 0 spiro atoms. The Morgan fingerprint density at radius 3 is 1.69 bits per heavy atom. The molecule has 0 bridgehead atoms. The highest BCUT2D eigenvalue weighted by molar-refractivity contribution is 5.99. The zero-order valence-corrected chi connectivity index (χ0v) is 28.0. The number of carbonyl (C=O) groups excluding carboxylic acids is 4. The number of nitrogens with zero attached hydrogens (tertiary/aromatic N) is 2. The second kappa shape index (κ2) is 15.2. The van der Waals surface area contributed by atoms with Gasteiger partial charge in [0.1, 0.15) is 36.6 Å². The molecular weight excluding hydrogens is 648 g/mol. The normalized spacial score (nSPS) is 16.9. The lowest BCUT2D eigenvalue weighted by Crippen LogP contribution is -2.43. The van der Waals surface area contributed by atoms with Crippen LogP contribution in [0.25, 0.3) is 22.3 Å². The molecule has 2 fully saturated rings. The van der Waals surface area contributed by atoms with Crippen LogP contribution in [0.3, 0.4) is 0 Å². The van der Waals surface area contributed by atoms with E-state index in [2.05, 4.69) is 10.6 Å². The molecule has 2 N–H and O–H groups in total. The maximum atomic E-state index is 13.3. The molecular formula is C40H38N4O7. The van der Waals surface area contributed by atoms with Gasteiger partial charge in [-0.3, -0.25) is 19.4 Å². The number of anilines is 2. The summed E-state index contributed by atoms with van der Waals surface area (Å²) in [5.41, 5.74) is 4.40. The van der Waals surface area contributed by atoms with E-state index >= 15 is 0 Å². The van der Waals surface area contributed by atoms with Crippen LogP contribution in [0.4, 0.5) is 21.0 Å². The van der Waals surface area contributed by atoms with Gasteiger partial charge in [-0.25, -0.2) is 9.59 Å². The largest absolute Gasteiger partial charge is 0.456 e. The molecule has 3 heterocycles. The van der Waals surface area contributed by atoms with Gasteiger partial charge in [-0.15, -0.1) is 0 Å². The lowest BCUT2D eigenvalue weighted by molar-refractivity contribution is -0.120. The van der Waals surface area contributed by atoms with Crippen molar-refractivity contribution < 1.29 is 33.1 Å².